The lowest BCUT2D eigenvalue weighted by atomic mass is 10.3. The molecule has 0 aliphatic carbocycles. The zero-order chi connectivity index (χ0) is 16.1. The lowest BCUT2D eigenvalue weighted by Gasteiger charge is -2.04. The molecule has 0 spiro atoms. The van der Waals surface area contributed by atoms with E-state index >= 15 is 0 Å². The molecule has 3 aromatic rings. The summed E-state index contributed by atoms with van der Waals surface area (Å²) < 4.78 is 10.1. The van der Waals surface area contributed by atoms with Crippen molar-refractivity contribution in [3.63, 3.8) is 0 Å². The second-order valence-corrected chi connectivity index (χ2v) is 5.92. The van der Waals surface area contributed by atoms with Crippen LogP contribution in [0.3, 0.4) is 0 Å². The first-order valence-electron chi connectivity index (χ1n) is 7.23. The second-order valence-electron chi connectivity index (χ2n) is 5.00. The van der Waals surface area contributed by atoms with Gasteiger partial charge in [-0.05, 0) is 40.5 Å². The minimum atomic E-state index is -0.210. The number of aromatic nitrogens is 4. The van der Waals surface area contributed by atoms with Crippen molar-refractivity contribution in [2.75, 3.05) is 6.54 Å². The van der Waals surface area contributed by atoms with Gasteiger partial charge in [0.2, 0.25) is 0 Å². The molecule has 0 unspecified atom stereocenters. The van der Waals surface area contributed by atoms with E-state index in [0.29, 0.717) is 24.6 Å². The maximum absolute atomic E-state index is 12.0. The Hall–Kier alpha value is -2.35. The predicted molar refractivity (Wildman–Crippen MR) is 86.9 cm³/mol. The topological polar surface area (TPSA) is 77.9 Å². The van der Waals surface area contributed by atoms with E-state index in [1.165, 1.54) is 0 Å². The van der Waals surface area contributed by atoms with E-state index in [1.54, 1.807) is 29.2 Å². The first kappa shape index (κ1) is 15.5. The molecule has 1 N–H and O–H groups in total. The van der Waals surface area contributed by atoms with Crippen molar-refractivity contribution in [1.82, 2.24) is 24.9 Å². The van der Waals surface area contributed by atoms with Gasteiger partial charge in [-0.2, -0.15) is 10.2 Å². The summed E-state index contributed by atoms with van der Waals surface area (Å²) in [5.74, 6) is 0.799. The number of carbonyl (C=O) groups is 1. The highest BCUT2D eigenvalue weighted by Gasteiger charge is 2.11. The molecule has 1 amide bonds. The normalized spacial score (nSPS) is 10.8. The highest BCUT2D eigenvalue weighted by molar-refractivity contribution is 9.10. The molecule has 3 aromatic heterocycles. The maximum atomic E-state index is 12.0. The molecule has 3 rings (SSSR count). The Morgan fingerprint density at radius 3 is 2.96 bits per heavy atom. The molecule has 120 valence electrons. The van der Waals surface area contributed by atoms with Crippen molar-refractivity contribution in [2.45, 2.75) is 19.5 Å². The monoisotopic (exact) mass is 377 g/mol. The van der Waals surface area contributed by atoms with Crippen LogP contribution in [-0.4, -0.2) is 32.0 Å². The third-order valence-electron chi connectivity index (χ3n) is 3.21. The highest BCUT2D eigenvalue weighted by Crippen LogP contribution is 2.09. The summed E-state index contributed by atoms with van der Waals surface area (Å²) in [4.78, 5) is 12.0. The Kier molecular flexibility index (Phi) is 4.92. The molecule has 23 heavy (non-hydrogen) atoms. The van der Waals surface area contributed by atoms with Crippen LogP contribution in [0, 0.1) is 0 Å². The molecule has 0 aromatic carbocycles. The Morgan fingerprint density at radius 1 is 1.30 bits per heavy atom. The number of furan rings is 1. The molecule has 0 fully saturated rings. The molecule has 0 aliphatic rings. The van der Waals surface area contributed by atoms with E-state index in [4.69, 9.17) is 4.42 Å². The third kappa shape index (κ3) is 4.32. The molecular weight excluding hydrogens is 362 g/mol. The Bertz CT molecular complexity index is 763. The van der Waals surface area contributed by atoms with Gasteiger partial charge < -0.3 is 9.73 Å². The van der Waals surface area contributed by atoms with Crippen LogP contribution in [0.5, 0.6) is 0 Å². The lowest BCUT2D eigenvalue weighted by Crippen LogP contribution is -2.24. The summed E-state index contributed by atoms with van der Waals surface area (Å²) >= 11 is 3.35. The van der Waals surface area contributed by atoms with Gasteiger partial charge in [-0.15, -0.1) is 0 Å². The molecule has 3 heterocycles. The molecule has 0 aliphatic heterocycles. The van der Waals surface area contributed by atoms with Gasteiger partial charge in [-0.1, -0.05) is 0 Å². The summed E-state index contributed by atoms with van der Waals surface area (Å²) in [6.45, 7) is 1.81. The van der Waals surface area contributed by atoms with E-state index in [9.17, 15) is 4.79 Å². The fraction of sp³-hybridized carbons (Fsp3) is 0.267. The lowest BCUT2D eigenvalue weighted by molar-refractivity contribution is 0.0923. The first-order chi connectivity index (χ1) is 11.2. The van der Waals surface area contributed by atoms with Crippen molar-refractivity contribution in [3.8, 4) is 0 Å². The number of carbonyl (C=O) groups excluding carboxylic acids is 1. The van der Waals surface area contributed by atoms with Gasteiger partial charge in [0.05, 0.1) is 17.2 Å². The maximum Gasteiger partial charge on any atom is 0.286 e. The molecule has 7 nitrogen and oxygen atoms in total. The van der Waals surface area contributed by atoms with Gasteiger partial charge >= 0.3 is 0 Å². The summed E-state index contributed by atoms with van der Waals surface area (Å²) in [6.07, 6.45) is 7.98. The molecule has 0 bridgehead atoms. The number of halogens is 1. The number of rotatable bonds is 7. The average Bonchev–Trinajstić information content (AvgIpc) is 3.26. The standard InChI is InChI=1S/C15H16BrN5O2/c16-12-9-19-20(10-12)7-1-5-17-15(22)14-4-3-13(23-14)11-21-8-2-6-18-21/h2-4,6,8-10H,1,5,7,11H2,(H,17,22). The van der Waals surface area contributed by atoms with Crippen LogP contribution in [0.2, 0.25) is 0 Å². The number of hydrogen-bond acceptors (Lipinski definition) is 4. The van der Waals surface area contributed by atoms with E-state index in [1.807, 2.05) is 23.1 Å². The third-order valence-corrected chi connectivity index (χ3v) is 3.62. The van der Waals surface area contributed by atoms with Crippen molar-refractivity contribution in [2.24, 2.45) is 0 Å². The number of nitrogens with one attached hydrogen (secondary N) is 1. The van der Waals surface area contributed by atoms with E-state index < -0.39 is 0 Å². The van der Waals surface area contributed by atoms with Gasteiger partial charge in [-0.25, -0.2) is 0 Å². The SMILES string of the molecule is O=C(NCCCn1cc(Br)cn1)c1ccc(Cn2cccn2)o1. The van der Waals surface area contributed by atoms with E-state index in [-0.39, 0.29) is 5.91 Å². The van der Waals surface area contributed by atoms with Gasteiger partial charge in [0.15, 0.2) is 5.76 Å². The van der Waals surface area contributed by atoms with E-state index in [0.717, 1.165) is 17.4 Å². The fourth-order valence-corrected chi connectivity index (χ4v) is 2.46. The second kappa shape index (κ2) is 7.28. The minimum absolute atomic E-state index is 0.210. The number of nitrogens with zero attached hydrogens (tertiary/aromatic N) is 4. The quantitative estimate of drug-likeness (QED) is 0.640. The number of hydrogen-bond donors (Lipinski definition) is 1. The highest BCUT2D eigenvalue weighted by atomic mass is 79.9. The Balaban J connectivity index is 1.44. The van der Waals surface area contributed by atoms with Gasteiger partial charge in [0.1, 0.15) is 5.76 Å². The fourth-order valence-electron chi connectivity index (χ4n) is 2.13. The van der Waals surface area contributed by atoms with Crippen LogP contribution < -0.4 is 5.32 Å². The van der Waals surface area contributed by atoms with Crippen molar-refractivity contribution >= 4 is 21.8 Å². The predicted octanol–water partition coefficient (Wildman–Crippen LogP) is 2.30. The summed E-state index contributed by atoms with van der Waals surface area (Å²) in [6, 6.07) is 5.31. The van der Waals surface area contributed by atoms with Crippen molar-refractivity contribution in [1.29, 1.82) is 0 Å². The molecule has 0 saturated heterocycles. The molecule has 0 atom stereocenters. The molecule has 0 saturated carbocycles. The zero-order valence-electron chi connectivity index (χ0n) is 12.4. The molecule has 0 radical (unpaired) electrons. The van der Waals surface area contributed by atoms with E-state index in [2.05, 4.69) is 31.4 Å². The van der Waals surface area contributed by atoms with Crippen LogP contribution in [0.25, 0.3) is 0 Å². The minimum Gasteiger partial charge on any atom is -0.454 e. The van der Waals surface area contributed by atoms with Gasteiger partial charge in [-0.3, -0.25) is 14.2 Å². The first-order valence-corrected chi connectivity index (χ1v) is 8.02. The Morgan fingerprint density at radius 2 is 2.22 bits per heavy atom. The average molecular weight is 378 g/mol. The van der Waals surface area contributed by atoms with Crippen LogP contribution in [0.15, 0.2) is 51.9 Å². The van der Waals surface area contributed by atoms with Gasteiger partial charge in [0, 0.05) is 31.7 Å². The van der Waals surface area contributed by atoms with Crippen LogP contribution in [0.1, 0.15) is 22.7 Å². The Labute approximate surface area is 141 Å². The van der Waals surface area contributed by atoms with Crippen LogP contribution in [0.4, 0.5) is 0 Å². The zero-order valence-corrected chi connectivity index (χ0v) is 13.9. The molecular formula is C15H16BrN5O2. The molecule has 8 heteroatoms. The van der Waals surface area contributed by atoms with Crippen molar-refractivity contribution in [3.05, 3.63) is 59.0 Å². The smallest absolute Gasteiger partial charge is 0.286 e. The number of aryl methyl sites for hydroxylation is 1. The summed E-state index contributed by atoms with van der Waals surface area (Å²) in [5, 5.41) is 11.1. The largest absolute Gasteiger partial charge is 0.454 e. The van der Waals surface area contributed by atoms with Crippen LogP contribution in [-0.2, 0) is 13.1 Å². The number of amides is 1. The van der Waals surface area contributed by atoms with Gasteiger partial charge in [0.25, 0.3) is 5.91 Å². The summed E-state index contributed by atoms with van der Waals surface area (Å²) in [5.41, 5.74) is 0. The van der Waals surface area contributed by atoms with Crippen LogP contribution >= 0.6 is 15.9 Å². The summed E-state index contributed by atoms with van der Waals surface area (Å²) in [7, 11) is 0. The van der Waals surface area contributed by atoms with Crippen molar-refractivity contribution < 1.29 is 9.21 Å².